The van der Waals surface area contributed by atoms with E-state index in [2.05, 4.69) is 0 Å². The molecule has 0 saturated carbocycles. The van der Waals surface area contributed by atoms with Crippen LogP contribution in [0.5, 0.6) is 0 Å². The smallest absolute Gasteiger partial charge is 0.414 e. The minimum Gasteiger partial charge on any atom is -0.497 e. The summed E-state index contributed by atoms with van der Waals surface area (Å²) in [5.74, 6) is 0.563. The van der Waals surface area contributed by atoms with Crippen LogP contribution in [-0.4, -0.2) is 30.2 Å². The highest BCUT2D eigenvalue weighted by Crippen LogP contribution is 2.16. The number of nitrogens with zero attached hydrogens (tertiary/aromatic N) is 1. The van der Waals surface area contributed by atoms with E-state index in [0.717, 1.165) is 0 Å². The van der Waals surface area contributed by atoms with Crippen molar-refractivity contribution in [2.24, 2.45) is 5.73 Å². The van der Waals surface area contributed by atoms with Crippen LogP contribution in [0, 0.1) is 0 Å². The summed E-state index contributed by atoms with van der Waals surface area (Å²) in [7, 11) is 1.52. The van der Waals surface area contributed by atoms with E-state index in [9.17, 15) is 4.79 Å². The predicted octanol–water partition coefficient (Wildman–Crippen LogP) is 1.57. The molecule has 0 aliphatic carbocycles. The molecule has 0 bridgehead atoms. The van der Waals surface area contributed by atoms with Crippen molar-refractivity contribution in [2.45, 2.75) is 26.4 Å². The number of methoxy groups -OCH3 is 1. The molecule has 0 aromatic heterocycles. The lowest BCUT2D eigenvalue weighted by molar-refractivity contribution is 0.0324. The SMILES string of the molecule is COC1=C(N)C=CN(C(=O)OC(C)(C)C)C1. The largest absolute Gasteiger partial charge is 0.497 e. The zero-order valence-electron chi connectivity index (χ0n) is 10.1. The number of hydrogen-bond donors (Lipinski definition) is 1. The molecule has 1 amide bonds. The first kappa shape index (κ1) is 12.4. The highest BCUT2D eigenvalue weighted by atomic mass is 16.6. The summed E-state index contributed by atoms with van der Waals surface area (Å²) in [4.78, 5) is 13.1. The van der Waals surface area contributed by atoms with E-state index in [1.165, 1.54) is 12.0 Å². The molecular weight excluding hydrogens is 208 g/mol. The molecule has 5 nitrogen and oxygen atoms in total. The third-order valence-electron chi connectivity index (χ3n) is 1.94. The van der Waals surface area contributed by atoms with Gasteiger partial charge in [0.1, 0.15) is 11.4 Å². The second-order valence-corrected chi connectivity index (χ2v) is 4.51. The molecule has 1 heterocycles. The lowest BCUT2D eigenvalue weighted by Crippen LogP contribution is -2.36. The summed E-state index contributed by atoms with van der Waals surface area (Å²) in [6.45, 7) is 5.76. The molecule has 0 radical (unpaired) electrons. The van der Waals surface area contributed by atoms with Crippen LogP contribution < -0.4 is 5.73 Å². The zero-order valence-corrected chi connectivity index (χ0v) is 10.1. The molecule has 5 heteroatoms. The van der Waals surface area contributed by atoms with Crippen LogP contribution in [-0.2, 0) is 9.47 Å². The van der Waals surface area contributed by atoms with Gasteiger partial charge in [0.25, 0.3) is 0 Å². The Hall–Kier alpha value is -1.65. The fourth-order valence-corrected chi connectivity index (χ4v) is 1.19. The monoisotopic (exact) mass is 226 g/mol. The Morgan fingerprint density at radius 1 is 1.50 bits per heavy atom. The normalized spacial score (nSPS) is 16.4. The van der Waals surface area contributed by atoms with Gasteiger partial charge < -0.3 is 15.2 Å². The van der Waals surface area contributed by atoms with Gasteiger partial charge in [-0.1, -0.05) is 0 Å². The van der Waals surface area contributed by atoms with E-state index < -0.39 is 11.7 Å². The average Bonchev–Trinajstić information content (AvgIpc) is 2.15. The highest BCUT2D eigenvalue weighted by Gasteiger charge is 2.24. The van der Waals surface area contributed by atoms with Gasteiger partial charge in [-0.05, 0) is 26.8 Å². The van der Waals surface area contributed by atoms with Crippen molar-refractivity contribution in [3.8, 4) is 0 Å². The number of allylic oxidation sites excluding steroid dienone is 1. The summed E-state index contributed by atoms with van der Waals surface area (Å²) in [5.41, 5.74) is 5.69. The van der Waals surface area contributed by atoms with Crippen LogP contribution in [0.2, 0.25) is 0 Å². The van der Waals surface area contributed by atoms with Gasteiger partial charge in [-0.3, -0.25) is 4.90 Å². The predicted molar refractivity (Wildman–Crippen MR) is 60.3 cm³/mol. The van der Waals surface area contributed by atoms with Gasteiger partial charge in [0.05, 0.1) is 19.4 Å². The number of hydrogen-bond acceptors (Lipinski definition) is 4. The van der Waals surface area contributed by atoms with Crippen molar-refractivity contribution in [3.63, 3.8) is 0 Å². The molecule has 90 valence electrons. The Morgan fingerprint density at radius 3 is 2.62 bits per heavy atom. The highest BCUT2D eigenvalue weighted by molar-refractivity contribution is 5.70. The molecule has 1 aliphatic rings. The summed E-state index contributed by atoms with van der Waals surface area (Å²) < 4.78 is 10.3. The van der Waals surface area contributed by atoms with E-state index in [4.69, 9.17) is 15.2 Å². The number of rotatable bonds is 1. The zero-order chi connectivity index (χ0) is 12.3. The lowest BCUT2D eigenvalue weighted by Gasteiger charge is -2.27. The van der Waals surface area contributed by atoms with Crippen LogP contribution in [0.4, 0.5) is 4.79 Å². The molecule has 0 fully saturated rings. The Bertz CT molecular complexity index is 340. The number of nitrogens with two attached hydrogens (primary N) is 1. The van der Waals surface area contributed by atoms with E-state index in [1.54, 1.807) is 12.3 Å². The van der Waals surface area contributed by atoms with Crippen molar-refractivity contribution in [1.82, 2.24) is 4.90 Å². The van der Waals surface area contributed by atoms with E-state index in [-0.39, 0.29) is 0 Å². The van der Waals surface area contributed by atoms with Crippen LogP contribution >= 0.6 is 0 Å². The molecule has 0 spiro atoms. The third-order valence-corrected chi connectivity index (χ3v) is 1.94. The van der Waals surface area contributed by atoms with Crippen LogP contribution in [0.1, 0.15) is 20.8 Å². The second-order valence-electron chi connectivity index (χ2n) is 4.51. The van der Waals surface area contributed by atoms with Gasteiger partial charge in [-0.25, -0.2) is 4.79 Å². The molecule has 1 rings (SSSR count). The Balaban J connectivity index is 2.67. The van der Waals surface area contributed by atoms with Gasteiger partial charge in [-0.15, -0.1) is 0 Å². The molecule has 1 aliphatic heterocycles. The minimum atomic E-state index is -0.509. The first-order valence-electron chi connectivity index (χ1n) is 5.04. The summed E-state index contributed by atoms with van der Waals surface area (Å²) in [6, 6.07) is 0. The Labute approximate surface area is 95.5 Å². The first-order chi connectivity index (χ1) is 7.33. The van der Waals surface area contributed by atoms with Crippen molar-refractivity contribution in [1.29, 1.82) is 0 Å². The van der Waals surface area contributed by atoms with Crippen LogP contribution in [0.15, 0.2) is 23.7 Å². The number of amides is 1. The van der Waals surface area contributed by atoms with Gasteiger partial charge >= 0.3 is 6.09 Å². The Morgan fingerprint density at radius 2 is 2.12 bits per heavy atom. The van der Waals surface area contributed by atoms with Crippen LogP contribution in [0.25, 0.3) is 0 Å². The minimum absolute atomic E-state index is 0.299. The van der Waals surface area contributed by atoms with Gasteiger partial charge in [0.2, 0.25) is 0 Å². The maximum atomic E-state index is 11.7. The molecule has 0 aromatic carbocycles. The number of ether oxygens (including phenoxy) is 2. The van der Waals surface area contributed by atoms with Crippen molar-refractivity contribution in [3.05, 3.63) is 23.7 Å². The summed E-state index contributed by atoms with van der Waals surface area (Å²) in [6.07, 6.45) is 2.80. The molecular formula is C11H18N2O3. The molecule has 0 unspecified atom stereocenters. The fourth-order valence-electron chi connectivity index (χ4n) is 1.19. The summed E-state index contributed by atoms with van der Waals surface area (Å²) >= 11 is 0. The maximum absolute atomic E-state index is 11.7. The standard InChI is InChI=1S/C11H18N2O3/c1-11(2,3)16-10(14)13-6-5-8(12)9(7-13)15-4/h5-6H,7,12H2,1-4H3. The van der Waals surface area contributed by atoms with Gasteiger partial charge in [0.15, 0.2) is 0 Å². The molecule has 0 saturated heterocycles. The molecule has 0 aromatic rings. The van der Waals surface area contributed by atoms with Gasteiger partial charge in [-0.2, -0.15) is 0 Å². The second kappa shape index (κ2) is 4.47. The van der Waals surface area contributed by atoms with Crippen molar-refractivity contribution < 1.29 is 14.3 Å². The topological polar surface area (TPSA) is 64.8 Å². The van der Waals surface area contributed by atoms with Crippen molar-refractivity contribution >= 4 is 6.09 Å². The Kier molecular flexibility index (Phi) is 3.47. The van der Waals surface area contributed by atoms with Crippen LogP contribution in [0.3, 0.4) is 0 Å². The lowest BCUT2D eigenvalue weighted by atomic mass is 10.2. The third kappa shape index (κ3) is 3.18. The molecule has 0 atom stereocenters. The first-order valence-corrected chi connectivity index (χ1v) is 5.04. The number of carbonyl (C=O) groups is 1. The summed E-state index contributed by atoms with van der Waals surface area (Å²) in [5, 5.41) is 0. The molecule has 16 heavy (non-hydrogen) atoms. The quantitative estimate of drug-likeness (QED) is 0.737. The van der Waals surface area contributed by atoms with E-state index >= 15 is 0 Å². The van der Waals surface area contributed by atoms with Crippen molar-refractivity contribution in [2.75, 3.05) is 13.7 Å². The maximum Gasteiger partial charge on any atom is 0.414 e. The van der Waals surface area contributed by atoms with E-state index in [0.29, 0.717) is 18.0 Å². The number of carbonyl (C=O) groups excluding carboxylic acids is 1. The van der Waals surface area contributed by atoms with Gasteiger partial charge in [0, 0.05) is 6.20 Å². The average molecular weight is 226 g/mol. The fraction of sp³-hybridized carbons (Fsp3) is 0.545. The molecule has 2 N–H and O–H groups in total. The van der Waals surface area contributed by atoms with E-state index in [1.807, 2.05) is 20.8 Å².